The van der Waals surface area contributed by atoms with Crippen molar-refractivity contribution in [3.8, 4) is 5.00 Å². The lowest BCUT2D eigenvalue weighted by Gasteiger charge is -2.20. The Morgan fingerprint density at radius 3 is 2.59 bits per heavy atom. The minimum absolute atomic E-state index is 0.0761. The third-order valence-electron chi connectivity index (χ3n) is 4.91. The van der Waals surface area contributed by atoms with E-state index in [2.05, 4.69) is 34.5 Å². The molecule has 4 nitrogen and oxygen atoms in total. The Labute approximate surface area is 168 Å². The number of fused-ring (bicyclic) bond motifs is 1. The number of aryl methyl sites for hydroxylation is 1. The maximum atomic E-state index is 12.5. The van der Waals surface area contributed by atoms with Gasteiger partial charge in [0, 0.05) is 33.5 Å². The maximum Gasteiger partial charge on any atom is 0.319 e. The molecular weight excluding hydrogens is 378 g/mol. The van der Waals surface area contributed by atoms with Crippen molar-refractivity contribution < 1.29 is 4.79 Å². The Bertz CT molecular complexity index is 931. The molecule has 0 spiro atoms. The summed E-state index contributed by atoms with van der Waals surface area (Å²) in [6, 6.07) is 10.9. The lowest BCUT2D eigenvalue weighted by molar-refractivity contribution is 0.249. The van der Waals surface area contributed by atoms with E-state index in [0.717, 1.165) is 18.5 Å². The molecule has 1 atom stereocenters. The van der Waals surface area contributed by atoms with Gasteiger partial charge < -0.3 is 15.2 Å². The standard InChI is InChI=1S/C21H22ClN3OS/c1-14(23-21(26)24-16-10-8-15(22)9-11-16)19-17-6-2-3-7-18(17)27-20(19)25-12-4-5-13-25/h4-5,8-14H,2-3,6-7H2,1H3,(H2,23,24,26)/t14-/m1/s1. The zero-order valence-electron chi connectivity index (χ0n) is 15.2. The number of carbonyl (C=O) groups is 1. The summed E-state index contributed by atoms with van der Waals surface area (Å²) in [5.74, 6) is 0. The first-order valence-corrected chi connectivity index (χ1v) is 10.4. The predicted molar refractivity (Wildman–Crippen MR) is 112 cm³/mol. The Morgan fingerprint density at radius 1 is 1.15 bits per heavy atom. The van der Waals surface area contributed by atoms with Crippen molar-refractivity contribution in [2.75, 3.05) is 5.32 Å². The lowest BCUT2D eigenvalue weighted by atomic mass is 9.93. The summed E-state index contributed by atoms with van der Waals surface area (Å²) >= 11 is 7.76. The second-order valence-electron chi connectivity index (χ2n) is 6.85. The SMILES string of the molecule is C[C@@H](NC(=O)Nc1ccc(Cl)cc1)c1c(-n2cccc2)sc2c1CCCC2. The fraction of sp³-hybridized carbons (Fsp3) is 0.286. The number of anilines is 1. The highest BCUT2D eigenvalue weighted by atomic mass is 35.5. The zero-order valence-corrected chi connectivity index (χ0v) is 16.7. The van der Waals surface area contributed by atoms with E-state index in [1.54, 1.807) is 24.3 Å². The molecule has 0 unspecified atom stereocenters. The summed E-state index contributed by atoms with van der Waals surface area (Å²) in [6.45, 7) is 2.06. The Morgan fingerprint density at radius 2 is 1.85 bits per heavy atom. The first-order valence-electron chi connectivity index (χ1n) is 9.22. The van der Waals surface area contributed by atoms with Crippen LogP contribution in [0.4, 0.5) is 10.5 Å². The third kappa shape index (κ3) is 3.89. The van der Waals surface area contributed by atoms with Gasteiger partial charge in [-0.05, 0) is 74.6 Å². The zero-order chi connectivity index (χ0) is 18.8. The molecule has 2 amide bonds. The van der Waals surface area contributed by atoms with Crippen LogP contribution in [0.1, 0.15) is 41.8 Å². The van der Waals surface area contributed by atoms with Crippen LogP contribution < -0.4 is 10.6 Å². The number of aromatic nitrogens is 1. The van der Waals surface area contributed by atoms with Gasteiger partial charge in [-0.1, -0.05) is 11.6 Å². The van der Waals surface area contributed by atoms with Crippen LogP contribution in [-0.2, 0) is 12.8 Å². The molecular formula is C21H22ClN3OS. The lowest BCUT2D eigenvalue weighted by Crippen LogP contribution is -2.32. The average Bonchev–Trinajstić information content (AvgIpc) is 3.30. The monoisotopic (exact) mass is 399 g/mol. The second kappa shape index (κ2) is 7.79. The molecule has 0 radical (unpaired) electrons. The molecule has 6 heteroatoms. The van der Waals surface area contributed by atoms with Gasteiger partial charge in [0.05, 0.1) is 6.04 Å². The van der Waals surface area contributed by atoms with E-state index in [9.17, 15) is 4.79 Å². The largest absolute Gasteiger partial charge is 0.331 e. The highest BCUT2D eigenvalue weighted by Crippen LogP contribution is 2.40. The van der Waals surface area contributed by atoms with E-state index in [0.29, 0.717) is 5.02 Å². The highest BCUT2D eigenvalue weighted by molar-refractivity contribution is 7.15. The van der Waals surface area contributed by atoms with Crippen LogP contribution in [0.3, 0.4) is 0 Å². The van der Waals surface area contributed by atoms with Crippen molar-refractivity contribution in [3.05, 3.63) is 69.8 Å². The molecule has 0 fully saturated rings. The van der Waals surface area contributed by atoms with E-state index in [1.165, 1.54) is 33.8 Å². The number of amides is 2. The van der Waals surface area contributed by atoms with Crippen LogP contribution in [0.25, 0.3) is 5.00 Å². The number of thiophene rings is 1. The van der Waals surface area contributed by atoms with Gasteiger partial charge >= 0.3 is 6.03 Å². The van der Waals surface area contributed by atoms with E-state index in [-0.39, 0.29) is 12.1 Å². The summed E-state index contributed by atoms with van der Waals surface area (Å²) in [4.78, 5) is 14.0. The first kappa shape index (κ1) is 18.1. The summed E-state index contributed by atoms with van der Waals surface area (Å²) in [7, 11) is 0. The molecule has 2 aromatic heterocycles. The molecule has 1 aromatic carbocycles. The van der Waals surface area contributed by atoms with Crippen molar-refractivity contribution >= 4 is 34.7 Å². The molecule has 4 rings (SSSR count). The van der Waals surface area contributed by atoms with Gasteiger partial charge in [-0.15, -0.1) is 11.3 Å². The van der Waals surface area contributed by atoms with Gasteiger partial charge in [0.1, 0.15) is 5.00 Å². The van der Waals surface area contributed by atoms with Crippen molar-refractivity contribution in [2.45, 2.75) is 38.6 Å². The fourth-order valence-electron chi connectivity index (χ4n) is 3.65. The van der Waals surface area contributed by atoms with Crippen LogP contribution in [0, 0.1) is 0 Å². The molecule has 1 aliphatic rings. The summed E-state index contributed by atoms with van der Waals surface area (Å²) < 4.78 is 2.16. The molecule has 140 valence electrons. The molecule has 0 saturated carbocycles. The van der Waals surface area contributed by atoms with E-state index in [1.807, 2.05) is 23.5 Å². The molecule has 2 heterocycles. The topological polar surface area (TPSA) is 46.1 Å². The Hall–Kier alpha value is -2.24. The second-order valence-corrected chi connectivity index (χ2v) is 8.37. The summed E-state index contributed by atoms with van der Waals surface area (Å²) in [5, 5.41) is 7.86. The molecule has 1 aliphatic carbocycles. The number of nitrogens with zero attached hydrogens (tertiary/aromatic N) is 1. The van der Waals surface area contributed by atoms with Crippen LogP contribution >= 0.6 is 22.9 Å². The van der Waals surface area contributed by atoms with Gasteiger partial charge in [0.25, 0.3) is 0 Å². The van der Waals surface area contributed by atoms with Crippen molar-refractivity contribution in [2.24, 2.45) is 0 Å². The minimum Gasteiger partial charge on any atom is -0.331 e. The number of carbonyl (C=O) groups excluding carboxylic acids is 1. The maximum absolute atomic E-state index is 12.5. The summed E-state index contributed by atoms with van der Waals surface area (Å²) in [6.07, 6.45) is 8.83. The average molecular weight is 400 g/mol. The van der Waals surface area contributed by atoms with Gasteiger partial charge in [-0.2, -0.15) is 0 Å². The van der Waals surface area contributed by atoms with Gasteiger partial charge in [0.2, 0.25) is 0 Å². The number of halogens is 1. The predicted octanol–water partition coefficient (Wildman–Crippen LogP) is 5.95. The minimum atomic E-state index is -0.209. The normalized spacial score (nSPS) is 14.4. The molecule has 2 N–H and O–H groups in total. The van der Waals surface area contributed by atoms with Gasteiger partial charge in [-0.25, -0.2) is 4.79 Å². The van der Waals surface area contributed by atoms with Crippen LogP contribution in [0.5, 0.6) is 0 Å². The first-order chi connectivity index (χ1) is 13.1. The Kier molecular flexibility index (Phi) is 5.23. The van der Waals surface area contributed by atoms with Crippen molar-refractivity contribution in [1.29, 1.82) is 0 Å². The fourth-order valence-corrected chi connectivity index (χ4v) is 5.23. The number of urea groups is 1. The molecule has 0 bridgehead atoms. The Balaban J connectivity index is 1.57. The number of rotatable bonds is 4. The van der Waals surface area contributed by atoms with Gasteiger partial charge in [-0.3, -0.25) is 0 Å². The number of nitrogens with one attached hydrogen (secondary N) is 2. The van der Waals surface area contributed by atoms with Crippen molar-refractivity contribution in [1.82, 2.24) is 9.88 Å². The van der Waals surface area contributed by atoms with Gasteiger partial charge in [0.15, 0.2) is 0 Å². The smallest absolute Gasteiger partial charge is 0.319 e. The van der Waals surface area contributed by atoms with E-state index in [4.69, 9.17) is 11.6 Å². The number of hydrogen-bond donors (Lipinski definition) is 2. The molecule has 0 aliphatic heterocycles. The van der Waals surface area contributed by atoms with E-state index < -0.39 is 0 Å². The summed E-state index contributed by atoms with van der Waals surface area (Å²) in [5.41, 5.74) is 3.40. The van der Waals surface area contributed by atoms with Crippen LogP contribution in [0.15, 0.2) is 48.8 Å². The highest BCUT2D eigenvalue weighted by Gasteiger charge is 2.25. The number of benzene rings is 1. The quantitative estimate of drug-likeness (QED) is 0.559. The third-order valence-corrected chi connectivity index (χ3v) is 6.49. The van der Waals surface area contributed by atoms with E-state index >= 15 is 0 Å². The van der Waals surface area contributed by atoms with Crippen LogP contribution in [-0.4, -0.2) is 10.6 Å². The number of hydrogen-bond acceptors (Lipinski definition) is 2. The molecule has 3 aromatic rings. The van der Waals surface area contributed by atoms with Crippen LogP contribution in [0.2, 0.25) is 5.02 Å². The molecule has 0 saturated heterocycles. The van der Waals surface area contributed by atoms with Crippen molar-refractivity contribution in [3.63, 3.8) is 0 Å². The molecule has 27 heavy (non-hydrogen) atoms.